The van der Waals surface area contributed by atoms with E-state index in [1.165, 1.54) is 5.69 Å². The van der Waals surface area contributed by atoms with Crippen molar-refractivity contribution < 1.29 is 0 Å². The summed E-state index contributed by atoms with van der Waals surface area (Å²) in [6.07, 6.45) is 5.69. The molecule has 0 bridgehead atoms. The number of aromatic amines is 1. The van der Waals surface area contributed by atoms with E-state index in [-0.39, 0.29) is 0 Å². The maximum atomic E-state index is 4.51. The van der Waals surface area contributed by atoms with E-state index < -0.39 is 0 Å². The van der Waals surface area contributed by atoms with Gasteiger partial charge in [0.05, 0.1) is 28.5 Å². The van der Waals surface area contributed by atoms with Crippen LogP contribution in [0, 0.1) is 11.8 Å². The average Bonchev–Trinajstić information content (AvgIpc) is 3.13. The van der Waals surface area contributed by atoms with E-state index in [1.807, 2.05) is 32.6 Å². The number of pyridine rings is 1. The molecule has 0 saturated carbocycles. The van der Waals surface area contributed by atoms with Gasteiger partial charge in [-0.3, -0.25) is 4.68 Å². The van der Waals surface area contributed by atoms with Gasteiger partial charge in [-0.15, -0.1) is 5.92 Å². The first-order valence-corrected chi connectivity index (χ1v) is 7.87. The Kier molecular flexibility index (Phi) is 4.07. The topological polar surface area (TPSA) is 49.7 Å². The van der Waals surface area contributed by atoms with Gasteiger partial charge in [-0.2, -0.15) is 5.10 Å². The highest BCUT2D eigenvalue weighted by Gasteiger charge is 2.18. The predicted octanol–water partition coefficient (Wildman–Crippen LogP) is 3.18. The van der Waals surface area contributed by atoms with Crippen LogP contribution in [0.1, 0.15) is 26.3 Å². The largest absolute Gasteiger partial charge is 0.371 e. The molecule has 0 saturated heterocycles. The third-order valence-electron chi connectivity index (χ3n) is 4.02. The monoisotopic (exact) mass is 307 g/mol. The van der Waals surface area contributed by atoms with Gasteiger partial charge in [0.25, 0.3) is 0 Å². The van der Waals surface area contributed by atoms with Crippen LogP contribution in [0.2, 0.25) is 0 Å². The third kappa shape index (κ3) is 2.57. The van der Waals surface area contributed by atoms with E-state index in [0.29, 0.717) is 0 Å². The van der Waals surface area contributed by atoms with Crippen LogP contribution < -0.4 is 4.90 Å². The van der Waals surface area contributed by atoms with E-state index in [9.17, 15) is 0 Å². The first-order valence-electron chi connectivity index (χ1n) is 7.87. The Labute approximate surface area is 136 Å². The molecule has 0 radical (unpaired) electrons. The standard InChI is InChI=1S/C18H21N5/c1-5-8-14-16-15(23(6-2)7-3)9-10-19-18(16)21-17(14)13-11-20-22(4)12-13/h9-12H,6-7H2,1-4H3,(H,19,21). The zero-order chi connectivity index (χ0) is 16.4. The van der Waals surface area contributed by atoms with Gasteiger partial charge >= 0.3 is 0 Å². The normalized spacial score (nSPS) is 10.6. The van der Waals surface area contributed by atoms with Gasteiger partial charge in [0.2, 0.25) is 0 Å². The van der Waals surface area contributed by atoms with E-state index in [1.54, 1.807) is 4.68 Å². The van der Waals surface area contributed by atoms with Gasteiger partial charge in [0, 0.05) is 38.1 Å². The third-order valence-corrected chi connectivity index (χ3v) is 4.02. The number of nitrogens with zero attached hydrogens (tertiary/aromatic N) is 4. The fourth-order valence-corrected chi connectivity index (χ4v) is 2.94. The second kappa shape index (κ2) is 6.17. The second-order valence-electron chi connectivity index (χ2n) is 5.38. The fourth-order valence-electron chi connectivity index (χ4n) is 2.94. The van der Waals surface area contributed by atoms with Gasteiger partial charge in [-0.1, -0.05) is 5.92 Å². The molecule has 0 aromatic carbocycles. The zero-order valence-electron chi connectivity index (χ0n) is 14.0. The summed E-state index contributed by atoms with van der Waals surface area (Å²) in [4.78, 5) is 10.3. The lowest BCUT2D eigenvalue weighted by Gasteiger charge is -2.21. The van der Waals surface area contributed by atoms with Crippen LogP contribution in [0.15, 0.2) is 24.7 Å². The van der Waals surface area contributed by atoms with Crippen LogP contribution in [0.5, 0.6) is 0 Å². The number of aryl methyl sites for hydroxylation is 1. The molecule has 3 aromatic rings. The Balaban J connectivity index is 2.33. The average molecular weight is 307 g/mol. The van der Waals surface area contributed by atoms with Crippen LogP contribution in [-0.4, -0.2) is 32.8 Å². The molecular weight excluding hydrogens is 286 g/mol. The van der Waals surface area contributed by atoms with Crippen molar-refractivity contribution in [3.8, 4) is 23.1 Å². The summed E-state index contributed by atoms with van der Waals surface area (Å²) < 4.78 is 1.79. The molecule has 5 heteroatoms. The summed E-state index contributed by atoms with van der Waals surface area (Å²) in [5, 5.41) is 5.36. The molecule has 0 spiro atoms. The van der Waals surface area contributed by atoms with Crippen molar-refractivity contribution in [2.45, 2.75) is 20.8 Å². The lowest BCUT2D eigenvalue weighted by molar-refractivity contribution is 0.768. The molecule has 0 unspecified atom stereocenters. The first kappa shape index (κ1) is 15.2. The Bertz CT molecular complexity index is 887. The van der Waals surface area contributed by atoms with Gasteiger partial charge in [0.1, 0.15) is 5.65 Å². The minimum absolute atomic E-state index is 0.867. The first-order chi connectivity index (χ1) is 11.2. The summed E-state index contributed by atoms with van der Waals surface area (Å²) in [6.45, 7) is 8.08. The zero-order valence-corrected chi connectivity index (χ0v) is 14.0. The minimum atomic E-state index is 0.867. The molecule has 3 rings (SSSR count). The van der Waals surface area contributed by atoms with Gasteiger partial charge in [-0.05, 0) is 26.8 Å². The van der Waals surface area contributed by atoms with E-state index in [2.05, 4.69) is 51.7 Å². The van der Waals surface area contributed by atoms with Crippen molar-refractivity contribution in [1.29, 1.82) is 0 Å². The summed E-state index contributed by atoms with van der Waals surface area (Å²) in [7, 11) is 1.91. The molecule has 0 aliphatic carbocycles. The van der Waals surface area contributed by atoms with Crippen LogP contribution in [-0.2, 0) is 7.05 Å². The van der Waals surface area contributed by atoms with Crippen molar-refractivity contribution in [2.75, 3.05) is 18.0 Å². The van der Waals surface area contributed by atoms with Crippen molar-refractivity contribution in [2.24, 2.45) is 7.05 Å². The van der Waals surface area contributed by atoms with Crippen molar-refractivity contribution in [3.63, 3.8) is 0 Å². The Morgan fingerprint density at radius 1 is 1.30 bits per heavy atom. The van der Waals surface area contributed by atoms with E-state index in [0.717, 1.165) is 40.9 Å². The number of fused-ring (bicyclic) bond motifs is 1. The molecule has 3 heterocycles. The van der Waals surface area contributed by atoms with Crippen LogP contribution >= 0.6 is 0 Å². The molecule has 0 atom stereocenters. The highest BCUT2D eigenvalue weighted by atomic mass is 15.2. The van der Waals surface area contributed by atoms with Crippen molar-refractivity contribution >= 4 is 16.7 Å². The van der Waals surface area contributed by atoms with Gasteiger partial charge in [-0.25, -0.2) is 4.98 Å². The number of H-pyrrole nitrogens is 1. The molecule has 0 aliphatic rings. The molecule has 1 N–H and O–H groups in total. The molecule has 0 fully saturated rings. The fraction of sp³-hybridized carbons (Fsp3) is 0.333. The van der Waals surface area contributed by atoms with Gasteiger partial charge in [0.15, 0.2) is 0 Å². The lowest BCUT2D eigenvalue weighted by Crippen LogP contribution is -2.22. The lowest BCUT2D eigenvalue weighted by atomic mass is 10.1. The SMILES string of the molecule is CC#Cc1c(-c2cnn(C)c2)[nH]c2nccc(N(CC)CC)c12. The summed E-state index contributed by atoms with van der Waals surface area (Å²) in [6, 6.07) is 2.07. The summed E-state index contributed by atoms with van der Waals surface area (Å²) in [5.74, 6) is 6.30. The number of anilines is 1. The maximum absolute atomic E-state index is 4.51. The Hall–Kier alpha value is -2.74. The summed E-state index contributed by atoms with van der Waals surface area (Å²) in [5.41, 5.74) is 5.03. The highest BCUT2D eigenvalue weighted by molar-refractivity contribution is 6.00. The molecular formula is C18H21N5. The van der Waals surface area contributed by atoms with Gasteiger partial charge < -0.3 is 9.88 Å². The molecule has 118 valence electrons. The second-order valence-corrected chi connectivity index (χ2v) is 5.38. The van der Waals surface area contributed by atoms with Crippen LogP contribution in [0.4, 0.5) is 5.69 Å². The number of rotatable bonds is 4. The van der Waals surface area contributed by atoms with E-state index in [4.69, 9.17) is 0 Å². The Morgan fingerprint density at radius 3 is 2.70 bits per heavy atom. The molecule has 23 heavy (non-hydrogen) atoms. The highest BCUT2D eigenvalue weighted by Crippen LogP contribution is 2.34. The minimum Gasteiger partial charge on any atom is -0.371 e. The predicted molar refractivity (Wildman–Crippen MR) is 94.4 cm³/mol. The Morgan fingerprint density at radius 2 is 2.09 bits per heavy atom. The number of hydrogen-bond donors (Lipinski definition) is 1. The maximum Gasteiger partial charge on any atom is 0.141 e. The summed E-state index contributed by atoms with van der Waals surface area (Å²) >= 11 is 0. The van der Waals surface area contributed by atoms with Crippen molar-refractivity contribution in [3.05, 3.63) is 30.2 Å². The molecule has 0 aliphatic heterocycles. The number of aromatic nitrogens is 4. The quantitative estimate of drug-likeness (QED) is 0.753. The van der Waals surface area contributed by atoms with E-state index >= 15 is 0 Å². The number of nitrogens with one attached hydrogen (secondary N) is 1. The smallest absolute Gasteiger partial charge is 0.141 e. The molecule has 0 amide bonds. The van der Waals surface area contributed by atoms with Crippen LogP contribution in [0.3, 0.4) is 0 Å². The molecule has 3 aromatic heterocycles. The number of hydrogen-bond acceptors (Lipinski definition) is 3. The molecule has 5 nitrogen and oxygen atoms in total. The van der Waals surface area contributed by atoms with Crippen molar-refractivity contribution in [1.82, 2.24) is 19.7 Å². The van der Waals surface area contributed by atoms with Crippen LogP contribution in [0.25, 0.3) is 22.3 Å².